The van der Waals surface area contributed by atoms with Gasteiger partial charge in [-0.1, -0.05) is 20.8 Å². The Morgan fingerprint density at radius 2 is 1.76 bits per heavy atom. The van der Waals surface area contributed by atoms with Crippen molar-refractivity contribution in [1.29, 1.82) is 0 Å². The molecule has 0 heterocycles. The van der Waals surface area contributed by atoms with E-state index in [1.807, 2.05) is 0 Å². The van der Waals surface area contributed by atoms with Crippen molar-refractivity contribution in [3.05, 3.63) is 0 Å². The van der Waals surface area contributed by atoms with Crippen molar-refractivity contribution >= 4 is 0 Å². The Morgan fingerprint density at radius 3 is 2.38 bits per heavy atom. The number of nitrogens with zero attached hydrogens (tertiary/aromatic N) is 2. The van der Waals surface area contributed by atoms with Crippen LogP contribution in [0.1, 0.15) is 46.5 Å². The third-order valence-corrected chi connectivity index (χ3v) is 5.00. The van der Waals surface area contributed by atoms with Crippen LogP contribution in [0.4, 0.5) is 0 Å². The maximum atomic E-state index is 3.83. The van der Waals surface area contributed by atoms with Crippen molar-refractivity contribution in [2.45, 2.75) is 52.5 Å². The van der Waals surface area contributed by atoms with Crippen LogP contribution in [0.15, 0.2) is 0 Å². The molecule has 0 aromatic rings. The predicted octanol–water partition coefficient (Wildman–Crippen LogP) is 2.92. The highest BCUT2D eigenvalue weighted by molar-refractivity contribution is 4.89. The van der Waals surface area contributed by atoms with Gasteiger partial charge in [-0.3, -0.25) is 0 Å². The first-order valence-corrected chi connectivity index (χ1v) is 9.00. The van der Waals surface area contributed by atoms with E-state index in [9.17, 15) is 0 Å². The molecule has 0 amide bonds. The van der Waals surface area contributed by atoms with Crippen LogP contribution in [-0.4, -0.2) is 63.2 Å². The van der Waals surface area contributed by atoms with Gasteiger partial charge in [0, 0.05) is 12.6 Å². The van der Waals surface area contributed by atoms with E-state index in [0.29, 0.717) is 0 Å². The summed E-state index contributed by atoms with van der Waals surface area (Å²) in [6.07, 6.45) is 5.28. The second-order valence-corrected chi connectivity index (χ2v) is 7.70. The second kappa shape index (κ2) is 9.81. The molecule has 1 aliphatic carbocycles. The zero-order valence-electron chi connectivity index (χ0n) is 15.4. The van der Waals surface area contributed by atoms with E-state index >= 15 is 0 Å². The van der Waals surface area contributed by atoms with E-state index in [1.165, 1.54) is 51.9 Å². The Morgan fingerprint density at radius 1 is 1.05 bits per heavy atom. The van der Waals surface area contributed by atoms with Gasteiger partial charge in [0.05, 0.1) is 0 Å². The van der Waals surface area contributed by atoms with Crippen molar-refractivity contribution in [3.8, 4) is 0 Å². The topological polar surface area (TPSA) is 18.5 Å². The van der Waals surface area contributed by atoms with E-state index in [1.54, 1.807) is 0 Å². The monoisotopic (exact) mass is 297 g/mol. The molecule has 3 nitrogen and oxygen atoms in total. The van der Waals surface area contributed by atoms with Gasteiger partial charge in [0.1, 0.15) is 0 Å². The molecule has 21 heavy (non-hydrogen) atoms. The van der Waals surface area contributed by atoms with E-state index < -0.39 is 0 Å². The van der Waals surface area contributed by atoms with Crippen molar-refractivity contribution in [1.82, 2.24) is 15.1 Å². The number of rotatable bonds is 9. The van der Waals surface area contributed by atoms with Gasteiger partial charge in [-0.15, -0.1) is 0 Å². The summed E-state index contributed by atoms with van der Waals surface area (Å²) in [5.41, 5.74) is 0. The van der Waals surface area contributed by atoms with Gasteiger partial charge in [-0.25, -0.2) is 0 Å². The Kier molecular flexibility index (Phi) is 8.84. The van der Waals surface area contributed by atoms with Gasteiger partial charge in [0.15, 0.2) is 0 Å². The summed E-state index contributed by atoms with van der Waals surface area (Å²) in [5, 5.41) is 3.83. The fraction of sp³-hybridized carbons (Fsp3) is 1.00. The van der Waals surface area contributed by atoms with Crippen LogP contribution in [0.5, 0.6) is 0 Å². The van der Waals surface area contributed by atoms with Gasteiger partial charge < -0.3 is 15.1 Å². The average Bonchev–Trinajstić information content (AvgIpc) is 2.39. The van der Waals surface area contributed by atoms with E-state index in [-0.39, 0.29) is 0 Å². The lowest BCUT2D eigenvalue weighted by Gasteiger charge is -2.42. The number of nitrogens with one attached hydrogen (secondary N) is 1. The normalized spacial score (nSPS) is 30.3. The minimum absolute atomic E-state index is 0.722. The largest absolute Gasteiger partial charge is 0.314 e. The van der Waals surface area contributed by atoms with Crippen LogP contribution in [0.2, 0.25) is 0 Å². The maximum Gasteiger partial charge on any atom is 0.0113 e. The Bertz CT molecular complexity index is 267. The molecule has 1 fully saturated rings. The summed E-state index contributed by atoms with van der Waals surface area (Å²) in [5.74, 6) is 2.54. The molecule has 1 N–H and O–H groups in total. The van der Waals surface area contributed by atoms with E-state index in [0.717, 1.165) is 23.8 Å². The summed E-state index contributed by atoms with van der Waals surface area (Å²) < 4.78 is 0. The second-order valence-electron chi connectivity index (χ2n) is 7.70. The summed E-state index contributed by atoms with van der Waals surface area (Å²) in [6.45, 7) is 12.0. The van der Waals surface area contributed by atoms with Gasteiger partial charge in [0.2, 0.25) is 0 Å². The number of hydrogen-bond donors (Lipinski definition) is 1. The SMILES string of the molecule is CCCNC1CC(C)CC(C)C1CN(C)CCCN(C)C. The molecule has 1 saturated carbocycles. The van der Waals surface area contributed by atoms with Crippen molar-refractivity contribution in [3.63, 3.8) is 0 Å². The Balaban J connectivity index is 2.46. The third-order valence-electron chi connectivity index (χ3n) is 5.00. The molecule has 0 bridgehead atoms. The quantitative estimate of drug-likeness (QED) is 0.706. The summed E-state index contributed by atoms with van der Waals surface area (Å²) in [6, 6.07) is 0.722. The minimum atomic E-state index is 0.722. The molecule has 1 aliphatic rings. The minimum Gasteiger partial charge on any atom is -0.314 e. The highest BCUT2D eigenvalue weighted by atomic mass is 15.1. The molecule has 0 aromatic heterocycles. The summed E-state index contributed by atoms with van der Waals surface area (Å²) in [4.78, 5) is 4.84. The zero-order valence-corrected chi connectivity index (χ0v) is 15.4. The van der Waals surface area contributed by atoms with Crippen LogP contribution in [-0.2, 0) is 0 Å². The molecule has 0 radical (unpaired) electrons. The molecule has 126 valence electrons. The smallest absolute Gasteiger partial charge is 0.0113 e. The summed E-state index contributed by atoms with van der Waals surface area (Å²) in [7, 11) is 6.63. The first kappa shape index (κ1) is 18.9. The third kappa shape index (κ3) is 7.12. The molecular weight excluding hydrogens is 258 g/mol. The standard InChI is InChI=1S/C18H39N3/c1-7-9-19-18-13-15(2)12-16(3)17(18)14-21(6)11-8-10-20(4)5/h15-19H,7-14H2,1-6H3. The van der Waals surface area contributed by atoms with Crippen LogP contribution < -0.4 is 5.32 Å². The van der Waals surface area contributed by atoms with E-state index in [2.05, 4.69) is 57.0 Å². The van der Waals surface area contributed by atoms with Gasteiger partial charge in [0.25, 0.3) is 0 Å². The predicted molar refractivity (Wildman–Crippen MR) is 93.8 cm³/mol. The van der Waals surface area contributed by atoms with Crippen LogP contribution >= 0.6 is 0 Å². The molecule has 0 aromatic carbocycles. The highest BCUT2D eigenvalue weighted by Crippen LogP contribution is 2.34. The fourth-order valence-electron chi connectivity index (χ4n) is 3.89. The first-order chi connectivity index (χ1) is 9.93. The molecule has 3 heteroatoms. The Labute approximate surface area is 133 Å². The lowest BCUT2D eigenvalue weighted by molar-refractivity contribution is 0.110. The molecular formula is C18H39N3. The molecule has 0 saturated heterocycles. The molecule has 4 atom stereocenters. The zero-order chi connectivity index (χ0) is 15.8. The van der Waals surface area contributed by atoms with Gasteiger partial charge in [-0.2, -0.15) is 0 Å². The van der Waals surface area contributed by atoms with Crippen LogP contribution in [0, 0.1) is 17.8 Å². The average molecular weight is 298 g/mol. The lowest BCUT2D eigenvalue weighted by Crippen LogP contribution is -2.48. The first-order valence-electron chi connectivity index (χ1n) is 9.00. The molecule has 0 spiro atoms. The van der Waals surface area contributed by atoms with Crippen LogP contribution in [0.3, 0.4) is 0 Å². The van der Waals surface area contributed by atoms with Crippen molar-refractivity contribution in [2.24, 2.45) is 17.8 Å². The highest BCUT2D eigenvalue weighted by Gasteiger charge is 2.33. The molecule has 4 unspecified atom stereocenters. The van der Waals surface area contributed by atoms with E-state index in [4.69, 9.17) is 0 Å². The van der Waals surface area contributed by atoms with Crippen molar-refractivity contribution < 1.29 is 0 Å². The van der Waals surface area contributed by atoms with Gasteiger partial charge in [-0.05, 0) is 84.2 Å². The summed E-state index contributed by atoms with van der Waals surface area (Å²) >= 11 is 0. The number of hydrogen-bond acceptors (Lipinski definition) is 3. The Hall–Kier alpha value is -0.120. The van der Waals surface area contributed by atoms with Crippen molar-refractivity contribution in [2.75, 3.05) is 47.3 Å². The van der Waals surface area contributed by atoms with Crippen LogP contribution in [0.25, 0.3) is 0 Å². The lowest BCUT2D eigenvalue weighted by atomic mass is 9.72. The molecule has 0 aliphatic heterocycles. The fourth-order valence-corrected chi connectivity index (χ4v) is 3.89. The van der Waals surface area contributed by atoms with Gasteiger partial charge >= 0.3 is 0 Å². The maximum absolute atomic E-state index is 3.83. The molecule has 1 rings (SSSR count).